The Kier molecular flexibility index (Phi) is 6.30. The Hall–Kier alpha value is -3.02. The molecule has 1 N–H and O–H groups in total. The minimum atomic E-state index is 0.628. The third kappa shape index (κ3) is 5.23. The third-order valence-electron chi connectivity index (χ3n) is 4.38. The van der Waals surface area contributed by atoms with Crippen LogP contribution in [0.3, 0.4) is 0 Å². The summed E-state index contributed by atoms with van der Waals surface area (Å²) in [7, 11) is 0. The van der Waals surface area contributed by atoms with Crippen LogP contribution in [0.5, 0.6) is 0 Å². The van der Waals surface area contributed by atoms with Gasteiger partial charge in [0.05, 0.1) is 11.9 Å². The van der Waals surface area contributed by atoms with E-state index in [2.05, 4.69) is 56.8 Å². The van der Waals surface area contributed by atoms with E-state index in [1.165, 1.54) is 31.2 Å². The maximum absolute atomic E-state index is 4.46. The van der Waals surface area contributed by atoms with Gasteiger partial charge >= 0.3 is 0 Å². The average molecular weight is 362 g/mol. The summed E-state index contributed by atoms with van der Waals surface area (Å²) in [6, 6.07) is 10.4. The zero-order chi connectivity index (χ0) is 19.1. The number of rotatable bonds is 8. The van der Waals surface area contributed by atoms with E-state index in [4.69, 9.17) is 0 Å². The van der Waals surface area contributed by atoms with Gasteiger partial charge in [-0.15, -0.1) is 0 Å². The molecule has 3 rings (SSSR count). The minimum Gasteiger partial charge on any atom is -0.261 e. The summed E-state index contributed by atoms with van der Waals surface area (Å²) in [5.41, 5.74) is 7.47. The number of unbranched alkanes of at least 4 members (excludes halogenated alkanes) is 2. The van der Waals surface area contributed by atoms with E-state index in [1.807, 2.05) is 26.1 Å². The van der Waals surface area contributed by atoms with Crippen molar-refractivity contribution in [3.8, 4) is 5.82 Å². The number of aromatic nitrogens is 4. The molecule has 0 spiro atoms. The molecular formula is C21H26N6. The molecule has 2 aromatic heterocycles. The van der Waals surface area contributed by atoms with E-state index in [0.29, 0.717) is 11.6 Å². The molecule has 1 aromatic carbocycles. The highest BCUT2D eigenvalue weighted by Crippen LogP contribution is 2.12. The van der Waals surface area contributed by atoms with Crippen LogP contribution in [0, 0.1) is 6.92 Å². The molecule has 140 valence electrons. The van der Waals surface area contributed by atoms with Gasteiger partial charge in [-0.25, -0.2) is 14.6 Å². The number of anilines is 1. The van der Waals surface area contributed by atoms with E-state index in [1.54, 1.807) is 10.9 Å². The van der Waals surface area contributed by atoms with E-state index in [-0.39, 0.29) is 0 Å². The number of hydrogen-bond acceptors (Lipinski definition) is 5. The first-order valence-corrected chi connectivity index (χ1v) is 9.39. The van der Waals surface area contributed by atoms with Crippen LogP contribution in [-0.2, 0) is 6.42 Å². The lowest BCUT2D eigenvalue weighted by Crippen LogP contribution is -2.03. The molecule has 0 atom stereocenters. The van der Waals surface area contributed by atoms with Gasteiger partial charge < -0.3 is 0 Å². The molecule has 0 radical (unpaired) electrons. The van der Waals surface area contributed by atoms with Crippen LogP contribution in [0.25, 0.3) is 5.82 Å². The summed E-state index contributed by atoms with van der Waals surface area (Å²) < 4.78 is 1.72. The number of benzene rings is 1. The quantitative estimate of drug-likeness (QED) is 0.363. The molecule has 0 unspecified atom stereocenters. The van der Waals surface area contributed by atoms with Crippen LogP contribution in [0.4, 0.5) is 5.82 Å². The fourth-order valence-electron chi connectivity index (χ4n) is 2.77. The van der Waals surface area contributed by atoms with Crippen molar-refractivity contribution in [2.45, 2.75) is 46.5 Å². The molecule has 0 bridgehead atoms. The van der Waals surface area contributed by atoms with Crippen molar-refractivity contribution in [3.05, 3.63) is 65.7 Å². The molecule has 0 saturated carbocycles. The second kappa shape index (κ2) is 9.07. The second-order valence-electron chi connectivity index (χ2n) is 6.69. The van der Waals surface area contributed by atoms with E-state index in [0.717, 1.165) is 23.3 Å². The highest BCUT2D eigenvalue weighted by atomic mass is 15.3. The number of aryl methyl sites for hydroxylation is 2. The number of hydrogen-bond donors (Lipinski definition) is 1. The highest BCUT2D eigenvalue weighted by molar-refractivity contribution is 5.99. The summed E-state index contributed by atoms with van der Waals surface area (Å²) in [5.74, 6) is 1.33. The summed E-state index contributed by atoms with van der Waals surface area (Å²) in [4.78, 5) is 8.47. The predicted molar refractivity (Wildman–Crippen MR) is 109 cm³/mol. The van der Waals surface area contributed by atoms with Crippen molar-refractivity contribution in [1.29, 1.82) is 0 Å². The zero-order valence-corrected chi connectivity index (χ0v) is 16.2. The van der Waals surface area contributed by atoms with Gasteiger partial charge in [0.15, 0.2) is 11.6 Å². The number of nitrogens with zero attached hydrogens (tertiary/aromatic N) is 5. The number of hydrazone groups is 1. The smallest absolute Gasteiger partial charge is 0.158 e. The van der Waals surface area contributed by atoms with Gasteiger partial charge in [-0.1, -0.05) is 44.0 Å². The van der Waals surface area contributed by atoms with E-state index < -0.39 is 0 Å². The topological polar surface area (TPSA) is 68.0 Å². The first-order valence-electron chi connectivity index (χ1n) is 9.39. The summed E-state index contributed by atoms with van der Waals surface area (Å²) in [6.45, 7) is 6.21. The van der Waals surface area contributed by atoms with Gasteiger partial charge in [0, 0.05) is 12.3 Å². The lowest BCUT2D eigenvalue weighted by atomic mass is 10.0. The van der Waals surface area contributed by atoms with Crippen molar-refractivity contribution in [2.24, 2.45) is 5.10 Å². The van der Waals surface area contributed by atoms with Crippen LogP contribution in [0.15, 0.2) is 54.2 Å². The largest absolute Gasteiger partial charge is 0.261 e. The maximum Gasteiger partial charge on any atom is 0.158 e. The molecule has 0 aliphatic heterocycles. The van der Waals surface area contributed by atoms with Crippen LogP contribution in [0.2, 0.25) is 0 Å². The predicted octanol–water partition coefficient (Wildman–Crippen LogP) is 4.54. The van der Waals surface area contributed by atoms with Crippen LogP contribution in [-0.4, -0.2) is 25.5 Å². The van der Waals surface area contributed by atoms with Crippen LogP contribution >= 0.6 is 0 Å². The van der Waals surface area contributed by atoms with Crippen LogP contribution < -0.4 is 5.43 Å². The lowest BCUT2D eigenvalue weighted by molar-refractivity contribution is 0.717. The SMILES string of the molecule is CCCCCc1ccc(/C(C)=N\Nc2cc(-n3cc(C)cn3)ncn2)cc1. The standard InChI is InChI=1S/C21H26N6/c1-4-5-6-7-18-8-10-19(11-9-18)17(3)25-26-20-12-21(23-15-22-20)27-14-16(2)13-24-27/h8-15H,4-7H2,1-3H3,(H,22,23,26)/b25-17-. The van der Waals surface area contributed by atoms with Gasteiger partial charge in [-0.2, -0.15) is 10.2 Å². The van der Waals surface area contributed by atoms with E-state index >= 15 is 0 Å². The van der Waals surface area contributed by atoms with Crippen molar-refractivity contribution in [2.75, 3.05) is 5.43 Å². The monoisotopic (exact) mass is 362 g/mol. The molecule has 0 saturated heterocycles. The van der Waals surface area contributed by atoms with Crippen molar-refractivity contribution in [3.63, 3.8) is 0 Å². The highest BCUT2D eigenvalue weighted by Gasteiger charge is 2.03. The Morgan fingerprint density at radius 2 is 1.96 bits per heavy atom. The normalized spacial score (nSPS) is 11.6. The molecule has 2 heterocycles. The van der Waals surface area contributed by atoms with Crippen molar-refractivity contribution < 1.29 is 0 Å². The molecule has 0 fully saturated rings. The molecule has 6 heteroatoms. The van der Waals surface area contributed by atoms with Gasteiger partial charge in [0.2, 0.25) is 0 Å². The van der Waals surface area contributed by atoms with E-state index in [9.17, 15) is 0 Å². The lowest BCUT2D eigenvalue weighted by Gasteiger charge is -2.06. The Morgan fingerprint density at radius 1 is 1.15 bits per heavy atom. The second-order valence-corrected chi connectivity index (χ2v) is 6.69. The molecular weight excluding hydrogens is 336 g/mol. The molecule has 6 nitrogen and oxygen atoms in total. The maximum atomic E-state index is 4.46. The summed E-state index contributed by atoms with van der Waals surface area (Å²) >= 11 is 0. The summed E-state index contributed by atoms with van der Waals surface area (Å²) in [6.07, 6.45) is 10.1. The molecule has 0 aliphatic rings. The van der Waals surface area contributed by atoms with Gasteiger partial charge in [0.1, 0.15) is 6.33 Å². The molecule has 27 heavy (non-hydrogen) atoms. The van der Waals surface area contributed by atoms with Gasteiger partial charge in [-0.3, -0.25) is 5.43 Å². The summed E-state index contributed by atoms with van der Waals surface area (Å²) in [5, 5.41) is 8.72. The molecule has 3 aromatic rings. The Balaban J connectivity index is 1.65. The first-order chi connectivity index (χ1) is 13.2. The van der Waals surface area contributed by atoms with Crippen molar-refractivity contribution in [1.82, 2.24) is 19.7 Å². The Labute approximate surface area is 160 Å². The van der Waals surface area contributed by atoms with Crippen LogP contribution in [0.1, 0.15) is 49.8 Å². The first kappa shape index (κ1) is 18.8. The molecule has 0 aliphatic carbocycles. The fourth-order valence-corrected chi connectivity index (χ4v) is 2.77. The van der Waals surface area contributed by atoms with Gasteiger partial charge in [-0.05, 0) is 43.4 Å². The van der Waals surface area contributed by atoms with Crippen molar-refractivity contribution >= 4 is 11.5 Å². The Bertz CT molecular complexity index is 895. The average Bonchev–Trinajstić information content (AvgIpc) is 3.13. The zero-order valence-electron chi connectivity index (χ0n) is 16.2. The minimum absolute atomic E-state index is 0.628. The number of nitrogens with one attached hydrogen (secondary N) is 1. The fraction of sp³-hybridized carbons (Fsp3) is 0.333. The third-order valence-corrected chi connectivity index (χ3v) is 4.38. The molecule has 0 amide bonds. The van der Waals surface area contributed by atoms with Gasteiger partial charge in [0.25, 0.3) is 0 Å². The Morgan fingerprint density at radius 3 is 2.67 bits per heavy atom.